The molecule has 0 saturated heterocycles. The van der Waals surface area contributed by atoms with Crippen molar-refractivity contribution in [3.63, 3.8) is 0 Å². The summed E-state index contributed by atoms with van der Waals surface area (Å²) in [6, 6.07) is 2.96. The molecule has 1 heterocycles. The van der Waals surface area contributed by atoms with E-state index in [0.29, 0.717) is 6.07 Å². The van der Waals surface area contributed by atoms with Crippen molar-refractivity contribution in [2.75, 3.05) is 5.32 Å². The van der Waals surface area contributed by atoms with Crippen LogP contribution in [0, 0.1) is 18.6 Å². The minimum Gasteiger partial charge on any atom is -0.318 e. The first-order valence-electron chi connectivity index (χ1n) is 4.74. The van der Waals surface area contributed by atoms with Gasteiger partial charge in [0.05, 0.1) is 11.2 Å². The summed E-state index contributed by atoms with van der Waals surface area (Å²) in [5.41, 5.74) is 1.72. The summed E-state index contributed by atoms with van der Waals surface area (Å²) in [5, 5.41) is 2.34. The van der Waals surface area contributed by atoms with Gasteiger partial charge in [-0.1, -0.05) is 0 Å². The van der Waals surface area contributed by atoms with Crippen LogP contribution in [0.5, 0.6) is 0 Å². The number of anilines is 1. The maximum absolute atomic E-state index is 13.3. The Labute approximate surface area is 100 Å². The molecular formula is C11H8F2N2OS. The highest BCUT2D eigenvalue weighted by molar-refractivity contribution is 7.09. The molecule has 88 valence electrons. The molecule has 6 heteroatoms. The number of thiazole rings is 1. The summed E-state index contributed by atoms with van der Waals surface area (Å²) < 4.78 is 25.9. The van der Waals surface area contributed by atoms with E-state index in [9.17, 15) is 13.6 Å². The number of benzene rings is 1. The molecule has 17 heavy (non-hydrogen) atoms. The largest absolute Gasteiger partial charge is 0.318 e. The number of aromatic nitrogens is 1. The zero-order valence-electron chi connectivity index (χ0n) is 8.83. The maximum atomic E-state index is 13.3. The van der Waals surface area contributed by atoms with Crippen LogP contribution in [0.4, 0.5) is 14.5 Å². The molecule has 1 amide bonds. The van der Waals surface area contributed by atoms with Crippen molar-refractivity contribution in [3.8, 4) is 0 Å². The molecule has 2 aromatic rings. The molecular weight excluding hydrogens is 246 g/mol. The molecule has 0 radical (unpaired) electrons. The van der Waals surface area contributed by atoms with Gasteiger partial charge < -0.3 is 5.32 Å². The molecule has 0 saturated carbocycles. The lowest BCUT2D eigenvalue weighted by Crippen LogP contribution is -2.14. The number of halogens is 2. The van der Waals surface area contributed by atoms with Gasteiger partial charge in [0.25, 0.3) is 5.91 Å². The van der Waals surface area contributed by atoms with E-state index in [1.807, 2.05) is 0 Å². The topological polar surface area (TPSA) is 42.0 Å². The molecule has 0 aliphatic heterocycles. The lowest BCUT2D eigenvalue weighted by Gasteiger charge is -2.05. The normalized spacial score (nSPS) is 10.3. The van der Waals surface area contributed by atoms with Crippen molar-refractivity contribution in [1.82, 2.24) is 4.98 Å². The Morgan fingerprint density at radius 1 is 1.41 bits per heavy atom. The number of carbonyl (C=O) groups excluding carboxylic acids is 1. The Balaban J connectivity index is 2.22. The van der Waals surface area contributed by atoms with Gasteiger partial charge in [0, 0.05) is 10.9 Å². The van der Waals surface area contributed by atoms with E-state index in [1.54, 1.807) is 6.92 Å². The highest BCUT2D eigenvalue weighted by Crippen LogP contribution is 2.17. The van der Waals surface area contributed by atoms with Gasteiger partial charge in [-0.3, -0.25) is 4.79 Å². The third-order valence-electron chi connectivity index (χ3n) is 2.14. The number of nitrogens with one attached hydrogen (secondary N) is 1. The van der Waals surface area contributed by atoms with Crippen molar-refractivity contribution in [3.05, 3.63) is 45.9 Å². The number of rotatable bonds is 2. The summed E-state index contributed by atoms with van der Waals surface area (Å²) in [4.78, 5) is 16.3. The standard InChI is InChI=1S/C11H8F2N2OS/c1-6-10(14-5-17-6)11(16)15-9-3-2-7(12)4-8(9)13/h2-5H,1H3,(H,15,16). The van der Waals surface area contributed by atoms with Crippen LogP contribution in [0.1, 0.15) is 15.4 Å². The molecule has 0 unspecified atom stereocenters. The predicted molar refractivity (Wildman–Crippen MR) is 61.2 cm³/mol. The molecule has 0 fully saturated rings. The Bertz CT molecular complexity index is 568. The quantitative estimate of drug-likeness (QED) is 0.895. The van der Waals surface area contributed by atoms with Crippen molar-refractivity contribution < 1.29 is 13.6 Å². The summed E-state index contributed by atoms with van der Waals surface area (Å²) in [6.45, 7) is 1.74. The third kappa shape index (κ3) is 2.47. The summed E-state index contributed by atoms with van der Waals surface area (Å²) in [5.74, 6) is -2.01. The summed E-state index contributed by atoms with van der Waals surface area (Å²) >= 11 is 1.32. The van der Waals surface area contributed by atoms with Gasteiger partial charge in [-0.25, -0.2) is 13.8 Å². The van der Waals surface area contributed by atoms with Crippen molar-refractivity contribution in [1.29, 1.82) is 0 Å². The first-order valence-corrected chi connectivity index (χ1v) is 5.62. The van der Waals surface area contributed by atoms with Crippen LogP contribution in [0.3, 0.4) is 0 Å². The minimum absolute atomic E-state index is 0.0659. The van der Waals surface area contributed by atoms with Crippen LogP contribution in [-0.4, -0.2) is 10.9 Å². The molecule has 1 N–H and O–H groups in total. The van der Waals surface area contributed by atoms with Gasteiger partial charge in [-0.15, -0.1) is 11.3 Å². The molecule has 0 spiro atoms. The Hall–Kier alpha value is -1.82. The van der Waals surface area contributed by atoms with Gasteiger partial charge in [0.15, 0.2) is 0 Å². The number of amides is 1. The summed E-state index contributed by atoms with van der Waals surface area (Å²) in [7, 11) is 0. The fourth-order valence-corrected chi connectivity index (χ4v) is 1.87. The fourth-order valence-electron chi connectivity index (χ4n) is 1.30. The zero-order valence-corrected chi connectivity index (χ0v) is 9.65. The number of hydrogen-bond acceptors (Lipinski definition) is 3. The average Bonchev–Trinajstić information content (AvgIpc) is 2.68. The van der Waals surface area contributed by atoms with Crippen molar-refractivity contribution in [2.45, 2.75) is 6.92 Å². The summed E-state index contributed by atoms with van der Waals surface area (Å²) in [6.07, 6.45) is 0. The van der Waals surface area contributed by atoms with Crippen LogP contribution in [-0.2, 0) is 0 Å². The van der Waals surface area contributed by atoms with Crippen molar-refractivity contribution >= 4 is 22.9 Å². The lowest BCUT2D eigenvalue weighted by molar-refractivity contribution is 0.102. The van der Waals surface area contributed by atoms with Crippen LogP contribution in [0.15, 0.2) is 23.7 Å². The fraction of sp³-hybridized carbons (Fsp3) is 0.0909. The smallest absolute Gasteiger partial charge is 0.275 e. The second kappa shape index (κ2) is 4.58. The molecule has 0 aliphatic rings. The molecule has 2 rings (SSSR count). The number of nitrogens with zero attached hydrogens (tertiary/aromatic N) is 1. The lowest BCUT2D eigenvalue weighted by atomic mass is 10.2. The number of hydrogen-bond donors (Lipinski definition) is 1. The van der Waals surface area contributed by atoms with Gasteiger partial charge in [-0.05, 0) is 19.1 Å². The Morgan fingerprint density at radius 3 is 2.76 bits per heavy atom. The Morgan fingerprint density at radius 2 is 2.18 bits per heavy atom. The predicted octanol–water partition coefficient (Wildman–Crippen LogP) is 2.98. The second-order valence-electron chi connectivity index (χ2n) is 3.34. The number of carbonyl (C=O) groups is 1. The van der Waals surface area contributed by atoms with E-state index in [-0.39, 0.29) is 11.4 Å². The molecule has 3 nitrogen and oxygen atoms in total. The van der Waals surface area contributed by atoms with Gasteiger partial charge >= 0.3 is 0 Å². The molecule has 0 bridgehead atoms. The van der Waals surface area contributed by atoms with E-state index in [1.165, 1.54) is 22.9 Å². The molecule has 1 aromatic carbocycles. The van der Waals surface area contributed by atoms with E-state index in [2.05, 4.69) is 10.3 Å². The van der Waals surface area contributed by atoms with Crippen LogP contribution < -0.4 is 5.32 Å². The zero-order chi connectivity index (χ0) is 12.4. The third-order valence-corrected chi connectivity index (χ3v) is 2.90. The van der Waals surface area contributed by atoms with E-state index in [0.717, 1.165) is 10.9 Å². The van der Waals surface area contributed by atoms with E-state index >= 15 is 0 Å². The SMILES string of the molecule is Cc1scnc1C(=O)Nc1ccc(F)cc1F. The van der Waals surface area contributed by atoms with Gasteiger partial charge in [0.1, 0.15) is 17.3 Å². The first-order chi connectivity index (χ1) is 8.08. The van der Waals surface area contributed by atoms with Crippen LogP contribution in [0.2, 0.25) is 0 Å². The molecule has 1 aromatic heterocycles. The maximum Gasteiger partial charge on any atom is 0.275 e. The van der Waals surface area contributed by atoms with Crippen LogP contribution >= 0.6 is 11.3 Å². The number of aryl methyl sites for hydroxylation is 1. The van der Waals surface area contributed by atoms with E-state index in [4.69, 9.17) is 0 Å². The minimum atomic E-state index is -0.814. The van der Waals surface area contributed by atoms with Crippen molar-refractivity contribution in [2.24, 2.45) is 0 Å². The Kier molecular flexibility index (Phi) is 3.14. The highest BCUT2D eigenvalue weighted by Gasteiger charge is 2.14. The molecule has 0 aliphatic carbocycles. The van der Waals surface area contributed by atoms with E-state index < -0.39 is 17.5 Å². The van der Waals surface area contributed by atoms with Gasteiger partial charge in [0.2, 0.25) is 0 Å². The van der Waals surface area contributed by atoms with Crippen LogP contribution in [0.25, 0.3) is 0 Å². The highest BCUT2D eigenvalue weighted by atomic mass is 32.1. The molecule has 0 atom stereocenters. The monoisotopic (exact) mass is 254 g/mol. The second-order valence-corrected chi connectivity index (χ2v) is 4.39. The van der Waals surface area contributed by atoms with Gasteiger partial charge in [-0.2, -0.15) is 0 Å². The average molecular weight is 254 g/mol. The first kappa shape index (κ1) is 11.7.